The molecule has 0 saturated carbocycles. The van der Waals surface area contributed by atoms with Gasteiger partial charge in [0.15, 0.2) is 0 Å². The number of carbonyl (C=O) groups is 1. The topological polar surface area (TPSA) is 54.5 Å². The molecule has 1 fully saturated rings. The fourth-order valence-electron chi connectivity index (χ4n) is 3.68. The van der Waals surface area contributed by atoms with E-state index in [9.17, 15) is 4.79 Å². The van der Waals surface area contributed by atoms with Crippen LogP contribution in [-0.2, 0) is 16.8 Å². The predicted molar refractivity (Wildman–Crippen MR) is 92.6 cm³/mol. The molecule has 1 saturated heterocycles. The normalized spacial score (nSPS) is 21.9. The monoisotopic (exact) mass is 343 g/mol. The lowest BCUT2D eigenvalue weighted by molar-refractivity contribution is -0.119. The Hall–Kier alpha value is -2.27. The van der Waals surface area contributed by atoms with Crippen LogP contribution in [0.1, 0.15) is 17.5 Å². The Labute approximate surface area is 145 Å². The summed E-state index contributed by atoms with van der Waals surface area (Å²) in [5.41, 5.74) is 2.02. The number of hydrogen-bond donors (Lipinski definition) is 1. The van der Waals surface area contributed by atoms with Crippen molar-refractivity contribution in [2.45, 2.75) is 18.4 Å². The van der Waals surface area contributed by atoms with Crippen molar-refractivity contribution in [3.8, 4) is 5.75 Å². The third-order valence-electron chi connectivity index (χ3n) is 4.85. The van der Waals surface area contributed by atoms with Crippen molar-refractivity contribution in [2.75, 3.05) is 25.1 Å². The van der Waals surface area contributed by atoms with Gasteiger partial charge in [-0.05, 0) is 23.8 Å². The predicted octanol–water partition coefficient (Wildman–Crippen LogP) is 2.52. The first-order chi connectivity index (χ1) is 11.6. The summed E-state index contributed by atoms with van der Waals surface area (Å²) < 4.78 is 5.21. The zero-order valence-electron chi connectivity index (χ0n) is 13.4. The summed E-state index contributed by atoms with van der Waals surface area (Å²) in [6, 6.07) is 9.98. The summed E-state index contributed by atoms with van der Waals surface area (Å²) in [5.74, 6) is 1.85. The maximum atomic E-state index is 11.8. The molecule has 4 rings (SSSR count). The molecule has 3 heterocycles. The van der Waals surface area contributed by atoms with Crippen molar-refractivity contribution >= 4 is 23.3 Å². The van der Waals surface area contributed by atoms with Crippen LogP contribution < -0.4 is 15.0 Å². The molecule has 1 unspecified atom stereocenters. The molecule has 124 valence electrons. The summed E-state index contributed by atoms with van der Waals surface area (Å²) in [6.45, 7) is 2.14. The molecule has 1 aromatic carbocycles. The molecule has 0 aliphatic carbocycles. The van der Waals surface area contributed by atoms with Gasteiger partial charge in [0.1, 0.15) is 11.6 Å². The third kappa shape index (κ3) is 2.49. The number of amides is 1. The maximum Gasteiger partial charge on any atom is 0.221 e. The number of halogens is 1. The number of nitrogens with one attached hydrogen (secondary N) is 1. The molecule has 2 aliphatic heterocycles. The fourth-order valence-corrected chi connectivity index (χ4v) is 3.84. The zero-order valence-corrected chi connectivity index (χ0v) is 14.1. The van der Waals surface area contributed by atoms with Gasteiger partial charge in [0.2, 0.25) is 5.91 Å². The van der Waals surface area contributed by atoms with E-state index in [0.29, 0.717) is 18.0 Å². The molecule has 1 amide bonds. The van der Waals surface area contributed by atoms with E-state index < -0.39 is 0 Å². The van der Waals surface area contributed by atoms with Crippen molar-refractivity contribution in [2.24, 2.45) is 0 Å². The van der Waals surface area contributed by atoms with E-state index >= 15 is 0 Å². The zero-order chi connectivity index (χ0) is 16.7. The highest BCUT2D eigenvalue weighted by Crippen LogP contribution is 2.44. The molecule has 5 nitrogen and oxygen atoms in total. The number of ether oxygens (including phenoxy) is 1. The molecule has 6 heteroatoms. The van der Waals surface area contributed by atoms with Gasteiger partial charge in [-0.3, -0.25) is 4.79 Å². The lowest BCUT2D eigenvalue weighted by Crippen LogP contribution is -2.35. The van der Waals surface area contributed by atoms with Gasteiger partial charge in [-0.2, -0.15) is 0 Å². The van der Waals surface area contributed by atoms with Crippen LogP contribution in [0, 0.1) is 0 Å². The Balaban J connectivity index is 1.66. The van der Waals surface area contributed by atoms with Gasteiger partial charge in [-0.25, -0.2) is 4.98 Å². The van der Waals surface area contributed by atoms with Crippen LogP contribution in [0.5, 0.6) is 5.75 Å². The van der Waals surface area contributed by atoms with E-state index in [2.05, 4.69) is 27.3 Å². The standard InChI is InChI=1S/C18H18ClN3O2/c1-24-14-4-2-12(3-5-14)9-22-11-18(7-16(23)21-10-18)15-6-13(19)8-20-17(15)22/h2-6,8H,7,9-11H2,1H3,(H,21,23). The fraction of sp³-hybridized carbons (Fsp3) is 0.333. The molecule has 2 aromatic rings. The van der Waals surface area contributed by atoms with E-state index in [1.807, 2.05) is 18.2 Å². The number of hydrogen-bond acceptors (Lipinski definition) is 4. The van der Waals surface area contributed by atoms with Crippen LogP contribution in [0.4, 0.5) is 5.82 Å². The summed E-state index contributed by atoms with van der Waals surface area (Å²) in [4.78, 5) is 18.6. The lowest BCUT2D eigenvalue weighted by atomic mass is 9.82. The highest BCUT2D eigenvalue weighted by molar-refractivity contribution is 6.30. The van der Waals surface area contributed by atoms with Crippen molar-refractivity contribution in [3.05, 3.63) is 52.7 Å². The number of methoxy groups -OCH3 is 1. The van der Waals surface area contributed by atoms with Gasteiger partial charge in [0.05, 0.1) is 12.1 Å². The second-order valence-electron chi connectivity index (χ2n) is 6.46. The van der Waals surface area contributed by atoms with Crippen LogP contribution in [0.15, 0.2) is 36.5 Å². The molecule has 1 spiro atoms. The average molecular weight is 344 g/mol. The SMILES string of the molecule is COc1ccc(CN2CC3(CNC(=O)C3)c3cc(Cl)cnc32)cc1. The minimum absolute atomic E-state index is 0.0900. The van der Waals surface area contributed by atoms with Gasteiger partial charge in [-0.1, -0.05) is 23.7 Å². The summed E-state index contributed by atoms with van der Waals surface area (Å²) >= 11 is 6.16. The van der Waals surface area contributed by atoms with Crippen LogP contribution in [0.2, 0.25) is 5.02 Å². The smallest absolute Gasteiger partial charge is 0.221 e. The maximum absolute atomic E-state index is 11.8. The molecular formula is C18H18ClN3O2. The van der Waals surface area contributed by atoms with Gasteiger partial charge in [-0.15, -0.1) is 0 Å². The number of fused-ring (bicyclic) bond motifs is 2. The Kier molecular flexibility index (Phi) is 3.61. The van der Waals surface area contributed by atoms with Crippen molar-refractivity contribution in [3.63, 3.8) is 0 Å². The van der Waals surface area contributed by atoms with E-state index in [0.717, 1.165) is 30.2 Å². The highest BCUT2D eigenvalue weighted by Gasteiger charge is 2.48. The number of anilines is 1. The molecule has 1 aromatic heterocycles. The minimum Gasteiger partial charge on any atom is -0.497 e. The van der Waals surface area contributed by atoms with E-state index in [1.54, 1.807) is 13.3 Å². The first-order valence-electron chi connectivity index (χ1n) is 7.90. The van der Waals surface area contributed by atoms with Crippen molar-refractivity contribution < 1.29 is 9.53 Å². The summed E-state index contributed by atoms with van der Waals surface area (Å²) in [6.07, 6.45) is 2.16. The van der Waals surface area contributed by atoms with Crippen LogP contribution in [0.25, 0.3) is 0 Å². The summed E-state index contributed by atoms with van der Waals surface area (Å²) in [5, 5.41) is 3.57. The molecule has 2 aliphatic rings. The second-order valence-corrected chi connectivity index (χ2v) is 6.90. The molecule has 24 heavy (non-hydrogen) atoms. The summed E-state index contributed by atoms with van der Waals surface area (Å²) in [7, 11) is 1.66. The second kappa shape index (κ2) is 5.67. The van der Waals surface area contributed by atoms with Crippen LogP contribution in [-0.4, -0.2) is 31.1 Å². The van der Waals surface area contributed by atoms with Crippen molar-refractivity contribution in [1.82, 2.24) is 10.3 Å². The number of carbonyl (C=O) groups excluding carboxylic acids is 1. The quantitative estimate of drug-likeness (QED) is 0.930. The average Bonchev–Trinajstić information content (AvgIpc) is 3.09. The molecule has 1 N–H and O–H groups in total. The van der Waals surface area contributed by atoms with Crippen molar-refractivity contribution in [1.29, 1.82) is 0 Å². The Morgan fingerprint density at radius 2 is 2.17 bits per heavy atom. The lowest BCUT2D eigenvalue weighted by Gasteiger charge is -2.23. The first kappa shape index (κ1) is 15.3. The van der Waals surface area contributed by atoms with E-state index in [4.69, 9.17) is 16.3 Å². The van der Waals surface area contributed by atoms with Gasteiger partial charge >= 0.3 is 0 Å². The van der Waals surface area contributed by atoms with E-state index in [1.165, 1.54) is 5.56 Å². The van der Waals surface area contributed by atoms with Gasteiger partial charge in [0, 0.05) is 43.2 Å². The van der Waals surface area contributed by atoms with Gasteiger partial charge < -0.3 is 15.0 Å². The highest BCUT2D eigenvalue weighted by atomic mass is 35.5. The largest absolute Gasteiger partial charge is 0.497 e. The number of pyridine rings is 1. The Morgan fingerprint density at radius 3 is 2.83 bits per heavy atom. The Bertz CT molecular complexity index is 793. The molecule has 1 atom stereocenters. The van der Waals surface area contributed by atoms with Crippen LogP contribution in [0.3, 0.4) is 0 Å². The third-order valence-corrected chi connectivity index (χ3v) is 5.06. The molecule has 0 bridgehead atoms. The molecular weight excluding hydrogens is 326 g/mol. The number of nitrogens with zero attached hydrogens (tertiary/aromatic N) is 2. The molecule has 0 radical (unpaired) electrons. The van der Waals surface area contributed by atoms with Gasteiger partial charge in [0.25, 0.3) is 0 Å². The van der Waals surface area contributed by atoms with Crippen LogP contribution >= 0.6 is 11.6 Å². The number of aromatic nitrogens is 1. The van der Waals surface area contributed by atoms with E-state index in [-0.39, 0.29) is 11.3 Å². The number of rotatable bonds is 3. The first-order valence-corrected chi connectivity index (χ1v) is 8.28. The Morgan fingerprint density at radius 1 is 1.38 bits per heavy atom. The minimum atomic E-state index is -0.225. The number of benzene rings is 1.